The number of benzene rings is 2. The van der Waals surface area contributed by atoms with Crippen LogP contribution >= 0.6 is 0 Å². The summed E-state index contributed by atoms with van der Waals surface area (Å²) in [6.45, 7) is 1.66. The van der Waals surface area contributed by atoms with Gasteiger partial charge in [0, 0.05) is 24.7 Å². The zero-order valence-corrected chi connectivity index (χ0v) is 20.7. The van der Waals surface area contributed by atoms with Gasteiger partial charge in [0.05, 0.1) is 18.5 Å². The van der Waals surface area contributed by atoms with Crippen molar-refractivity contribution >= 4 is 27.3 Å². The number of H-pyrrole nitrogens is 1. The Morgan fingerprint density at radius 2 is 1.78 bits per heavy atom. The van der Waals surface area contributed by atoms with Crippen molar-refractivity contribution in [3.05, 3.63) is 66.0 Å². The first-order chi connectivity index (χ1) is 17.6. The average Bonchev–Trinajstić information content (AvgIpc) is 3.46. The summed E-state index contributed by atoms with van der Waals surface area (Å²) >= 11 is 0. The number of nitrogens with one attached hydrogen (secondary N) is 3. The van der Waals surface area contributed by atoms with Gasteiger partial charge in [-0.05, 0) is 36.8 Å². The molecule has 4 rings (SSSR count). The Morgan fingerprint density at radius 1 is 1.05 bits per heavy atom. The number of anilines is 3. The van der Waals surface area contributed by atoms with Crippen molar-refractivity contribution < 1.29 is 31.1 Å². The molecule has 1 atom stereocenters. The van der Waals surface area contributed by atoms with Crippen LogP contribution in [0.1, 0.15) is 18.6 Å². The second-order valence-electron chi connectivity index (χ2n) is 7.92. The second kappa shape index (κ2) is 10.4. The minimum absolute atomic E-state index is 0.0166. The molecule has 0 amide bonds. The quantitative estimate of drug-likeness (QED) is 0.266. The van der Waals surface area contributed by atoms with Gasteiger partial charge in [-0.15, -0.1) is 0 Å². The number of methoxy groups -OCH3 is 1. The van der Waals surface area contributed by atoms with E-state index in [1.165, 1.54) is 49.6 Å². The van der Waals surface area contributed by atoms with Gasteiger partial charge in [0.15, 0.2) is 11.6 Å². The maximum absolute atomic E-state index is 13.3. The highest BCUT2D eigenvalue weighted by Gasteiger charge is 2.26. The molecule has 0 aliphatic carbocycles. The van der Waals surface area contributed by atoms with Crippen molar-refractivity contribution in [2.45, 2.75) is 18.8 Å². The lowest BCUT2D eigenvalue weighted by atomic mass is 10.1. The molecular formula is C23H23F3N6O4S. The van der Waals surface area contributed by atoms with E-state index < -0.39 is 27.7 Å². The van der Waals surface area contributed by atoms with Gasteiger partial charge in [-0.25, -0.2) is 17.5 Å². The number of rotatable bonds is 10. The van der Waals surface area contributed by atoms with Crippen LogP contribution in [0.2, 0.25) is 0 Å². The molecular weight excluding hydrogens is 513 g/mol. The highest BCUT2D eigenvalue weighted by atomic mass is 32.2. The van der Waals surface area contributed by atoms with Crippen molar-refractivity contribution in [3.8, 4) is 22.9 Å². The Morgan fingerprint density at radius 3 is 2.43 bits per heavy atom. The van der Waals surface area contributed by atoms with Crippen LogP contribution in [0.25, 0.3) is 11.3 Å². The normalized spacial score (nSPS) is 12.4. The first-order valence-electron chi connectivity index (χ1n) is 10.8. The highest BCUT2D eigenvalue weighted by Crippen LogP contribution is 2.35. The summed E-state index contributed by atoms with van der Waals surface area (Å²) in [4.78, 5) is 0. The fraction of sp³-hybridized carbons (Fsp3) is 0.217. The number of aromatic nitrogens is 4. The maximum Gasteiger partial charge on any atom is 0.355 e. The third kappa shape index (κ3) is 5.97. The van der Waals surface area contributed by atoms with Crippen molar-refractivity contribution in [1.82, 2.24) is 20.0 Å². The Labute approximate surface area is 210 Å². The summed E-state index contributed by atoms with van der Waals surface area (Å²) in [5.74, 6) is -2.63. The molecule has 0 aliphatic rings. The molecule has 196 valence electrons. The van der Waals surface area contributed by atoms with Crippen LogP contribution in [0, 0.1) is 5.82 Å². The van der Waals surface area contributed by atoms with Gasteiger partial charge in [0.25, 0.3) is 10.0 Å². The van der Waals surface area contributed by atoms with E-state index in [-0.39, 0.29) is 11.4 Å². The Balaban J connectivity index is 1.63. The fourth-order valence-corrected chi connectivity index (χ4v) is 3.99. The molecule has 0 unspecified atom stereocenters. The highest BCUT2D eigenvalue weighted by molar-refractivity contribution is 7.93. The van der Waals surface area contributed by atoms with E-state index in [9.17, 15) is 21.6 Å². The number of alkyl halides is 2. The van der Waals surface area contributed by atoms with E-state index in [1.807, 2.05) is 4.72 Å². The molecule has 0 aliphatic heterocycles. The summed E-state index contributed by atoms with van der Waals surface area (Å²) in [5.41, 5.74) is 1.46. The van der Waals surface area contributed by atoms with Crippen molar-refractivity contribution in [3.63, 3.8) is 0 Å². The van der Waals surface area contributed by atoms with E-state index in [4.69, 9.17) is 9.47 Å². The minimum atomic E-state index is -4.95. The minimum Gasteiger partial charge on any atom is -0.484 e. The molecule has 4 aromatic rings. The molecule has 37 heavy (non-hydrogen) atoms. The van der Waals surface area contributed by atoms with Crippen LogP contribution in [0.5, 0.6) is 11.6 Å². The summed E-state index contributed by atoms with van der Waals surface area (Å²) in [6, 6.07) is 13.2. The lowest BCUT2D eigenvalue weighted by molar-refractivity contribution is 0.228. The van der Waals surface area contributed by atoms with Gasteiger partial charge in [-0.3, -0.25) is 9.82 Å². The lowest BCUT2D eigenvalue weighted by Crippen LogP contribution is -2.21. The predicted octanol–water partition coefficient (Wildman–Crippen LogP) is 4.81. The van der Waals surface area contributed by atoms with Gasteiger partial charge in [0.2, 0.25) is 5.88 Å². The second-order valence-corrected chi connectivity index (χ2v) is 9.57. The van der Waals surface area contributed by atoms with Crippen molar-refractivity contribution in [1.29, 1.82) is 0 Å². The number of aryl methyl sites for hydroxylation is 1. The number of ether oxygens (including phenoxy) is 2. The van der Waals surface area contributed by atoms with Gasteiger partial charge in [-0.1, -0.05) is 18.2 Å². The lowest BCUT2D eigenvalue weighted by Gasteiger charge is -2.19. The number of sulfonamides is 1. The number of aromatic amines is 1. The van der Waals surface area contributed by atoms with Crippen LogP contribution < -0.4 is 19.5 Å². The Bertz CT molecular complexity index is 1490. The van der Waals surface area contributed by atoms with E-state index >= 15 is 0 Å². The average molecular weight is 537 g/mol. The zero-order valence-electron chi connectivity index (χ0n) is 19.9. The molecule has 14 heteroatoms. The molecule has 3 N–H and O–H groups in total. The topological polar surface area (TPSA) is 123 Å². The van der Waals surface area contributed by atoms with Crippen LogP contribution in [0.3, 0.4) is 0 Å². The smallest absolute Gasteiger partial charge is 0.355 e. The predicted molar refractivity (Wildman–Crippen MR) is 131 cm³/mol. The molecule has 2 aromatic carbocycles. The van der Waals surface area contributed by atoms with E-state index in [2.05, 4.69) is 20.6 Å². The largest absolute Gasteiger partial charge is 0.484 e. The van der Waals surface area contributed by atoms with E-state index in [0.29, 0.717) is 34.3 Å². The van der Waals surface area contributed by atoms with Gasteiger partial charge in [0.1, 0.15) is 17.7 Å². The van der Waals surface area contributed by atoms with E-state index in [1.54, 1.807) is 30.8 Å². The van der Waals surface area contributed by atoms with Gasteiger partial charge < -0.3 is 14.8 Å². The summed E-state index contributed by atoms with van der Waals surface area (Å²) in [5, 5.41) is 14.3. The van der Waals surface area contributed by atoms with E-state index in [0.717, 1.165) is 0 Å². The standard InChI is InChI=1S/C23H23F3N6O4S/c1-13(14-4-7-16(24)8-5-14)36-19-10-15(6-9-17(19)31-37(33,34)23(25)26)18-11-20(29-28-18)27-21-12-22(35-3)32(2)30-21/h4-13,23,31H,1-3H3,(H2,27,28,29,30)/t13-/m0/s1. The van der Waals surface area contributed by atoms with Gasteiger partial charge in [-0.2, -0.15) is 19.0 Å². The number of hydrogen-bond donors (Lipinski definition) is 3. The Hall–Kier alpha value is -4.20. The van der Waals surface area contributed by atoms with Crippen LogP contribution in [-0.4, -0.2) is 41.3 Å². The third-order valence-corrected chi connectivity index (χ3v) is 6.28. The summed E-state index contributed by atoms with van der Waals surface area (Å²) < 4.78 is 77.5. The molecule has 10 nitrogen and oxygen atoms in total. The SMILES string of the molecule is COc1cc(Nc2cc(-c3ccc(NS(=O)(=O)C(F)F)c(O[C@@H](C)c4ccc(F)cc4)c3)[nH]n2)nn1C. The zero-order chi connectivity index (χ0) is 26.7. The first kappa shape index (κ1) is 25.9. The van der Waals surface area contributed by atoms with Crippen molar-refractivity contribution in [2.24, 2.45) is 7.05 Å². The molecule has 2 aromatic heterocycles. The molecule has 0 bridgehead atoms. The summed E-state index contributed by atoms with van der Waals surface area (Å²) in [6.07, 6.45) is -0.663. The molecule has 0 fully saturated rings. The van der Waals surface area contributed by atoms with Crippen LogP contribution in [0.4, 0.5) is 30.5 Å². The molecule has 0 radical (unpaired) electrons. The monoisotopic (exact) mass is 536 g/mol. The number of halogens is 3. The first-order valence-corrected chi connectivity index (χ1v) is 12.4. The molecule has 0 spiro atoms. The Kier molecular flexibility index (Phi) is 7.29. The number of hydrogen-bond acceptors (Lipinski definition) is 7. The molecule has 0 saturated carbocycles. The number of nitrogens with zero attached hydrogens (tertiary/aromatic N) is 3. The maximum atomic E-state index is 13.3. The molecule has 0 saturated heterocycles. The van der Waals surface area contributed by atoms with Gasteiger partial charge >= 0.3 is 5.76 Å². The van der Waals surface area contributed by atoms with Crippen LogP contribution in [-0.2, 0) is 17.1 Å². The van der Waals surface area contributed by atoms with Crippen molar-refractivity contribution in [2.75, 3.05) is 17.1 Å². The summed E-state index contributed by atoms with van der Waals surface area (Å²) in [7, 11) is -1.71. The van der Waals surface area contributed by atoms with Crippen LogP contribution in [0.15, 0.2) is 54.6 Å². The third-order valence-electron chi connectivity index (χ3n) is 5.30. The fourth-order valence-electron chi connectivity index (χ4n) is 3.43. The molecule has 2 heterocycles.